The molecule has 0 spiro atoms. The monoisotopic (exact) mass is 266 g/mol. The standard InChI is InChI=1S/C11H14N4O4/c16-9-2-1-7(14-9)10(17)15-8(11(18)19)3-6-4-12-5-13-6/h4-8H,1-3H2,(H,14,16)(H,15,17)(H,18,19)/t6-,7+,8-/m1/s1. The molecule has 0 aliphatic carbocycles. The molecule has 8 nitrogen and oxygen atoms in total. The number of amides is 2. The third kappa shape index (κ3) is 3.36. The highest BCUT2D eigenvalue weighted by atomic mass is 16.4. The fraction of sp³-hybridized carbons (Fsp3) is 0.545. The average Bonchev–Trinajstić information content (AvgIpc) is 2.99. The van der Waals surface area contributed by atoms with Gasteiger partial charge in [0, 0.05) is 19.1 Å². The number of carboxylic acids is 1. The second-order valence-electron chi connectivity index (χ2n) is 4.42. The van der Waals surface area contributed by atoms with Crippen molar-refractivity contribution in [1.82, 2.24) is 10.6 Å². The van der Waals surface area contributed by atoms with Gasteiger partial charge >= 0.3 is 5.97 Å². The number of carbonyl (C=O) groups excluding carboxylic acids is 2. The molecule has 2 rings (SSSR count). The van der Waals surface area contributed by atoms with Gasteiger partial charge in [0.1, 0.15) is 18.4 Å². The first-order valence-electron chi connectivity index (χ1n) is 5.94. The van der Waals surface area contributed by atoms with Crippen molar-refractivity contribution in [2.45, 2.75) is 37.4 Å². The Labute approximate surface area is 109 Å². The Balaban J connectivity index is 1.90. The normalized spacial score (nSPS) is 26.2. The van der Waals surface area contributed by atoms with Crippen LogP contribution in [0.2, 0.25) is 0 Å². The van der Waals surface area contributed by atoms with Crippen molar-refractivity contribution < 1.29 is 19.5 Å². The van der Waals surface area contributed by atoms with Gasteiger partial charge in [-0.3, -0.25) is 14.6 Å². The number of hydrogen-bond acceptors (Lipinski definition) is 5. The molecule has 0 aromatic carbocycles. The van der Waals surface area contributed by atoms with E-state index < -0.39 is 24.0 Å². The lowest BCUT2D eigenvalue weighted by Gasteiger charge is -2.18. The number of nitrogens with zero attached hydrogens (tertiary/aromatic N) is 2. The SMILES string of the molecule is O=C1CC[C@@H](C(=O)N[C@H](C[C@@H]2C=NC=N2)C(=O)O)N1. The van der Waals surface area contributed by atoms with Crippen molar-refractivity contribution in [3.05, 3.63) is 0 Å². The van der Waals surface area contributed by atoms with E-state index in [1.54, 1.807) is 0 Å². The summed E-state index contributed by atoms with van der Waals surface area (Å²) in [7, 11) is 0. The van der Waals surface area contributed by atoms with E-state index >= 15 is 0 Å². The fourth-order valence-corrected chi connectivity index (χ4v) is 1.97. The highest BCUT2D eigenvalue weighted by Crippen LogP contribution is 2.09. The van der Waals surface area contributed by atoms with Crippen LogP contribution in [-0.4, -0.2) is 53.6 Å². The zero-order valence-electron chi connectivity index (χ0n) is 10.1. The van der Waals surface area contributed by atoms with Crippen LogP contribution >= 0.6 is 0 Å². The molecule has 3 atom stereocenters. The zero-order chi connectivity index (χ0) is 13.8. The van der Waals surface area contributed by atoms with Crippen LogP contribution in [0.25, 0.3) is 0 Å². The summed E-state index contributed by atoms with van der Waals surface area (Å²) in [6.07, 6.45) is 3.69. The predicted octanol–water partition coefficient (Wildman–Crippen LogP) is -1.29. The van der Waals surface area contributed by atoms with E-state index in [0.717, 1.165) is 0 Å². The van der Waals surface area contributed by atoms with Gasteiger partial charge < -0.3 is 15.7 Å². The molecule has 0 unspecified atom stereocenters. The van der Waals surface area contributed by atoms with E-state index in [9.17, 15) is 14.4 Å². The lowest BCUT2D eigenvalue weighted by Crippen LogP contribution is -2.49. The molecule has 2 aliphatic rings. The van der Waals surface area contributed by atoms with Gasteiger partial charge in [0.25, 0.3) is 0 Å². The summed E-state index contributed by atoms with van der Waals surface area (Å²) in [5.41, 5.74) is 0. The maximum Gasteiger partial charge on any atom is 0.326 e. The highest BCUT2D eigenvalue weighted by molar-refractivity contribution is 5.93. The second kappa shape index (κ2) is 5.59. The molecule has 102 valence electrons. The van der Waals surface area contributed by atoms with Gasteiger partial charge in [-0.1, -0.05) is 0 Å². The molecule has 19 heavy (non-hydrogen) atoms. The quantitative estimate of drug-likeness (QED) is 0.573. The topological polar surface area (TPSA) is 120 Å². The lowest BCUT2D eigenvalue weighted by molar-refractivity contribution is -0.142. The Bertz CT molecular complexity index is 448. The molecular weight excluding hydrogens is 252 g/mol. The Hall–Kier alpha value is -2.25. The van der Waals surface area contributed by atoms with E-state index in [2.05, 4.69) is 20.6 Å². The van der Waals surface area contributed by atoms with Crippen molar-refractivity contribution in [1.29, 1.82) is 0 Å². The van der Waals surface area contributed by atoms with Gasteiger partial charge in [-0.05, 0) is 6.42 Å². The van der Waals surface area contributed by atoms with Crippen LogP contribution < -0.4 is 10.6 Å². The van der Waals surface area contributed by atoms with Crippen molar-refractivity contribution >= 4 is 30.3 Å². The molecule has 0 saturated carbocycles. The second-order valence-corrected chi connectivity index (χ2v) is 4.42. The molecule has 0 radical (unpaired) electrons. The molecule has 0 aromatic rings. The maximum atomic E-state index is 11.8. The average molecular weight is 266 g/mol. The smallest absolute Gasteiger partial charge is 0.326 e. The first-order valence-corrected chi connectivity index (χ1v) is 5.94. The van der Waals surface area contributed by atoms with Crippen molar-refractivity contribution in [3.63, 3.8) is 0 Å². The molecule has 8 heteroatoms. The van der Waals surface area contributed by atoms with E-state index in [-0.39, 0.29) is 24.8 Å². The Morgan fingerprint density at radius 2 is 2.37 bits per heavy atom. The molecule has 3 N–H and O–H groups in total. The van der Waals surface area contributed by atoms with Crippen molar-refractivity contribution in [3.8, 4) is 0 Å². The van der Waals surface area contributed by atoms with E-state index in [0.29, 0.717) is 6.42 Å². The molecule has 2 heterocycles. The summed E-state index contributed by atoms with van der Waals surface area (Å²) >= 11 is 0. The summed E-state index contributed by atoms with van der Waals surface area (Å²) < 4.78 is 0. The molecular formula is C11H14N4O4. The van der Waals surface area contributed by atoms with Crippen LogP contribution in [0.1, 0.15) is 19.3 Å². The van der Waals surface area contributed by atoms with Crippen LogP contribution in [0.5, 0.6) is 0 Å². The molecule has 0 aromatic heterocycles. The minimum atomic E-state index is -1.13. The molecule has 1 fully saturated rings. The van der Waals surface area contributed by atoms with E-state index in [4.69, 9.17) is 5.11 Å². The van der Waals surface area contributed by atoms with Gasteiger partial charge in [-0.2, -0.15) is 0 Å². The molecule has 0 bridgehead atoms. The number of nitrogens with one attached hydrogen (secondary N) is 2. The third-order valence-electron chi connectivity index (χ3n) is 2.99. The van der Waals surface area contributed by atoms with E-state index in [1.165, 1.54) is 12.6 Å². The Morgan fingerprint density at radius 3 is 2.89 bits per heavy atom. The third-order valence-corrected chi connectivity index (χ3v) is 2.99. The van der Waals surface area contributed by atoms with Crippen LogP contribution in [0.3, 0.4) is 0 Å². The Morgan fingerprint density at radius 1 is 1.58 bits per heavy atom. The largest absolute Gasteiger partial charge is 0.480 e. The summed E-state index contributed by atoms with van der Waals surface area (Å²) in [5.74, 6) is -1.80. The maximum absolute atomic E-state index is 11.8. The van der Waals surface area contributed by atoms with Gasteiger partial charge in [-0.15, -0.1) is 0 Å². The van der Waals surface area contributed by atoms with Crippen molar-refractivity contribution in [2.75, 3.05) is 0 Å². The first-order chi connectivity index (χ1) is 9.06. The summed E-state index contributed by atoms with van der Waals surface area (Å²) in [5, 5.41) is 14.0. The molecule has 2 aliphatic heterocycles. The summed E-state index contributed by atoms with van der Waals surface area (Å²) in [4.78, 5) is 41.6. The van der Waals surface area contributed by atoms with Crippen LogP contribution in [0, 0.1) is 0 Å². The first kappa shape index (κ1) is 13.2. The predicted molar refractivity (Wildman–Crippen MR) is 66.1 cm³/mol. The minimum absolute atomic E-state index is 0.141. The lowest BCUT2D eigenvalue weighted by atomic mass is 10.1. The van der Waals surface area contributed by atoms with E-state index in [1.807, 2.05) is 0 Å². The van der Waals surface area contributed by atoms with Gasteiger partial charge in [0.15, 0.2) is 0 Å². The van der Waals surface area contributed by atoms with Crippen LogP contribution in [0.15, 0.2) is 9.98 Å². The summed E-state index contributed by atoms with van der Waals surface area (Å²) in [6.45, 7) is 0. The highest BCUT2D eigenvalue weighted by Gasteiger charge is 2.31. The van der Waals surface area contributed by atoms with Gasteiger partial charge in [0.2, 0.25) is 11.8 Å². The number of hydrogen-bond donors (Lipinski definition) is 3. The number of carboxylic acid groups (broad SMARTS) is 1. The summed E-state index contributed by atoms with van der Waals surface area (Å²) in [6, 6.07) is -2.02. The number of aliphatic carboxylic acids is 1. The fourth-order valence-electron chi connectivity index (χ4n) is 1.97. The van der Waals surface area contributed by atoms with Crippen LogP contribution in [0.4, 0.5) is 0 Å². The van der Waals surface area contributed by atoms with Gasteiger partial charge in [0.05, 0.1) is 6.04 Å². The zero-order valence-corrected chi connectivity index (χ0v) is 10.1. The number of carbonyl (C=O) groups is 3. The van der Waals surface area contributed by atoms with Crippen molar-refractivity contribution in [2.24, 2.45) is 9.98 Å². The molecule has 1 saturated heterocycles. The number of aliphatic imine (C=N–C) groups is 2. The molecule has 2 amide bonds. The minimum Gasteiger partial charge on any atom is -0.480 e. The van der Waals surface area contributed by atoms with Gasteiger partial charge in [-0.25, -0.2) is 9.79 Å². The Kier molecular flexibility index (Phi) is 3.88. The number of rotatable bonds is 5. The van der Waals surface area contributed by atoms with Crippen LogP contribution in [-0.2, 0) is 14.4 Å².